The van der Waals surface area contributed by atoms with E-state index in [2.05, 4.69) is 5.32 Å². The Morgan fingerprint density at radius 1 is 0.609 bits per heavy atom. The fraction of sp³-hybridized carbons (Fsp3) is 0.184. The van der Waals surface area contributed by atoms with Gasteiger partial charge in [0, 0.05) is 45.5 Å². The Morgan fingerprint density at radius 2 is 1.13 bits per heavy atom. The molecule has 6 rings (SSSR count). The summed E-state index contributed by atoms with van der Waals surface area (Å²) in [6.07, 6.45) is 1.21. The van der Waals surface area contributed by atoms with Crippen LogP contribution in [0.2, 0.25) is 0 Å². The van der Waals surface area contributed by atoms with Crippen molar-refractivity contribution >= 4 is 46.3 Å². The molecule has 2 unspecified atom stereocenters. The van der Waals surface area contributed by atoms with Crippen molar-refractivity contribution in [3.05, 3.63) is 135 Å². The molecule has 8 heteroatoms. The van der Waals surface area contributed by atoms with Crippen LogP contribution in [0.25, 0.3) is 0 Å². The molecule has 0 spiro atoms. The van der Waals surface area contributed by atoms with Crippen molar-refractivity contribution in [3.63, 3.8) is 0 Å². The summed E-state index contributed by atoms with van der Waals surface area (Å²) in [5.74, 6) is -7.32. The normalized spacial score (nSPS) is 16.7. The molecule has 228 valence electrons. The third-order valence-corrected chi connectivity index (χ3v) is 8.79. The molecule has 46 heavy (non-hydrogen) atoms. The summed E-state index contributed by atoms with van der Waals surface area (Å²) < 4.78 is 0. The van der Waals surface area contributed by atoms with Gasteiger partial charge in [-0.05, 0) is 73.7 Å². The second-order valence-electron chi connectivity index (χ2n) is 11.7. The van der Waals surface area contributed by atoms with Crippen LogP contribution in [0.15, 0.2) is 84.9 Å². The van der Waals surface area contributed by atoms with Crippen LogP contribution in [0, 0.1) is 25.7 Å². The van der Waals surface area contributed by atoms with Crippen molar-refractivity contribution in [2.24, 2.45) is 11.8 Å². The second kappa shape index (κ2) is 12.0. The molecular formula is C38H29NO7. The second-order valence-corrected chi connectivity index (χ2v) is 11.7. The average molecular weight is 612 g/mol. The molecule has 0 saturated carbocycles. The largest absolute Gasteiger partial charge is 0.325 e. The number of rotatable bonds is 9. The molecule has 4 aromatic rings. The molecule has 2 aliphatic rings. The molecule has 0 radical (unpaired) electrons. The maximum Gasteiger partial charge on any atom is 0.243 e. The van der Waals surface area contributed by atoms with Crippen LogP contribution in [-0.4, -0.2) is 40.6 Å². The van der Waals surface area contributed by atoms with Crippen LogP contribution in [0.5, 0.6) is 0 Å². The molecule has 2 aliphatic carbocycles. The number of hydrogen-bond donors (Lipinski definition) is 1. The first-order chi connectivity index (χ1) is 22.1. The molecule has 2 atom stereocenters. The number of para-hydroxylation sites is 1. The van der Waals surface area contributed by atoms with Gasteiger partial charge in [-0.1, -0.05) is 54.6 Å². The molecule has 1 amide bonds. The first-order valence-corrected chi connectivity index (χ1v) is 15.0. The minimum Gasteiger partial charge on any atom is -0.325 e. The molecule has 0 saturated heterocycles. The Kier molecular flexibility index (Phi) is 7.96. The Labute approximate surface area is 264 Å². The minimum absolute atomic E-state index is 0.00783. The fourth-order valence-corrected chi connectivity index (χ4v) is 6.17. The van der Waals surface area contributed by atoms with Crippen molar-refractivity contribution < 1.29 is 33.6 Å². The van der Waals surface area contributed by atoms with Crippen molar-refractivity contribution in [1.29, 1.82) is 0 Å². The molecule has 0 aromatic heterocycles. The Bertz CT molecular complexity index is 2020. The number of carbonyl (C=O) groups is 7. The number of Topliss-reactive ketones (excluding diaryl/α,β-unsaturated/α-hetero) is 5. The summed E-state index contributed by atoms with van der Waals surface area (Å²) in [4.78, 5) is 92.1. The minimum atomic E-state index is -1.57. The highest BCUT2D eigenvalue weighted by Gasteiger charge is 2.45. The Balaban J connectivity index is 1.17. The highest BCUT2D eigenvalue weighted by molar-refractivity contribution is 6.37. The first kappa shape index (κ1) is 30.4. The molecule has 0 bridgehead atoms. The average Bonchev–Trinajstić information content (AvgIpc) is 3.45. The van der Waals surface area contributed by atoms with Gasteiger partial charge in [0.05, 0.1) is 0 Å². The first-order valence-electron chi connectivity index (χ1n) is 15.0. The summed E-state index contributed by atoms with van der Waals surface area (Å²) in [6, 6.07) is 22.9. The van der Waals surface area contributed by atoms with E-state index in [1.807, 2.05) is 31.2 Å². The van der Waals surface area contributed by atoms with Crippen LogP contribution in [0.1, 0.15) is 86.9 Å². The number of carbonyl (C=O) groups excluding carboxylic acids is 7. The smallest absolute Gasteiger partial charge is 0.243 e. The van der Waals surface area contributed by atoms with Gasteiger partial charge in [-0.3, -0.25) is 33.6 Å². The highest BCUT2D eigenvalue weighted by Crippen LogP contribution is 2.32. The van der Waals surface area contributed by atoms with Crippen molar-refractivity contribution in [2.45, 2.75) is 33.1 Å². The van der Waals surface area contributed by atoms with Crippen LogP contribution >= 0.6 is 0 Å². The van der Waals surface area contributed by atoms with E-state index in [9.17, 15) is 33.6 Å². The Hall–Kier alpha value is -5.63. The third kappa shape index (κ3) is 5.32. The Morgan fingerprint density at radius 3 is 1.74 bits per heavy atom. The van der Waals surface area contributed by atoms with Gasteiger partial charge in [0.25, 0.3) is 0 Å². The lowest BCUT2D eigenvalue weighted by molar-refractivity contribution is -0.120. The van der Waals surface area contributed by atoms with E-state index < -0.39 is 52.4 Å². The molecule has 4 aromatic carbocycles. The summed E-state index contributed by atoms with van der Waals surface area (Å²) in [7, 11) is 0. The van der Waals surface area contributed by atoms with Gasteiger partial charge < -0.3 is 5.32 Å². The fourth-order valence-electron chi connectivity index (χ4n) is 6.17. The summed E-state index contributed by atoms with van der Waals surface area (Å²) in [6.45, 7) is 3.77. The SMILES string of the molecule is Cc1ccccc1CCCC(=O)C1C(=O)c2ccc(C(=O)c3ccc4c(c3)C(=O)C(C(=O)Nc3ccccc3C)C4=O)cc2C1=O. The molecule has 0 fully saturated rings. The van der Waals surface area contributed by atoms with Crippen molar-refractivity contribution in [1.82, 2.24) is 0 Å². The van der Waals surface area contributed by atoms with Crippen LogP contribution in [0.3, 0.4) is 0 Å². The van der Waals surface area contributed by atoms with Gasteiger partial charge in [0.1, 0.15) is 5.92 Å². The molecule has 0 aliphatic heterocycles. The van der Waals surface area contributed by atoms with Crippen molar-refractivity contribution in [2.75, 3.05) is 5.32 Å². The summed E-state index contributed by atoms with van der Waals surface area (Å²) in [5.41, 5.74) is 3.72. The van der Waals surface area contributed by atoms with Gasteiger partial charge in [0.2, 0.25) is 5.91 Å². The number of benzene rings is 4. The van der Waals surface area contributed by atoms with Crippen LogP contribution in [0.4, 0.5) is 5.69 Å². The number of fused-ring (bicyclic) bond motifs is 2. The molecule has 8 nitrogen and oxygen atoms in total. The number of hydrogen-bond acceptors (Lipinski definition) is 7. The lowest BCUT2D eigenvalue weighted by Gasteiger charge is -2.10. The van der Waals surface area contributed by atoms with Gasteiger partial charge in [-0.25, -0.2) is 0 Å². The van der Waals surface area contributed by atoms with Gasteiger partial charge in [-0.2, -0.15) is 0 Å². The molecule has 0 heterocycles. The van der Waals surface area contributed by atoms with E-state index in [1.165, 1.54) is 36.4 Å². The predicted octanol–water partition coefficient (Wildman–Crippen LogP) is 5.76. The standard InChI is InChI=1S/C38H29NO7/c1-20-8-3-5-10-22(20)11-7-13-30(40)31-34(42)25-16-14-23(18-27(25)36(31)44)33(41)24-15-17-26-28(19-24)37(45)32(35(26)43)38(46)39-29-12-6-4-9-21(29)2/h3-6,8-10,12,14-19,31-32H,7,11,13H2,1-2H3,(H,39,46). The zero-order valence-corrected chi connectivity index (χ0v) is 25.2. The predicted molar refractivity (Wildman–Crippen MR) is 170 cm³/mol. The van der Waals surface area contributed by atoms with Crippen LogP contribution < -0.4 is 5.32 Å². The number of ketones is 6. The lowest BCUT2D eigenvalue weighted by Crippen LogP contribution is -2.31. The number of amides is 1. The van der Waals surface area contributed by atoms with Crippen molar-refractivity contribution in [3.8, 4) is 0 Å². The quantitative estimate of drug-likeness (QED) is 0.188. The van der Waals surface area contributed by atoms with Crippen LogP contribution in [-0.2, 0) is 16.0 Å². The van der Waals surface area contributed by atoms with Gasteiger partial charge in [-0.15, -0.1) is 0 Å². The number of anilines is 1. The van der Waals surface area contributed by atoms with E-state index in [1.54, 1.807) is 31.2 Å². The van der Waals surface area contributed by atoms with Gasteiger partial charge in [0.15, 0.2) is 40.6 Å². The van der Waals surface area contributed by atoms with E-state index in [0.717, 1.165) is 16.7 Å². The summed E-state index contributed by atoms with van der Waals surface area (Å²) in [5, 5.41) is 2.64. The number of aryl methyl sites for hydroxylation is 3. The monoisotopic (exact) mass is 611 g/mol. The highest BCUT2D eigenvalue weighted by atomic mass is 16.2. The van der Waals surface area contributed by atoms with E-state index in [4.69, 9.17) is 0 Å². The number of nitrogens with one attached hydrogen (secondary N) is 1. The lowest BCUT2D eigenvalue weighted by atomic mass is 9.93. The maximum absolute atomic E-state index is 13.5. The third-order valence-electron chi connectivity index (χ3n) is 8.79. The molecular weight excluding hydrogens is 582 g/mol. The zero-order valence-electron chi connectivity index (χ0n) is 25.2. The summed E-state index contributed by atoms with van der Waals surface area (Å²) >= 11 is 0. The topological polar surface area (TPSA) is 132 Å². The molecule has 1 N–H and O–H groups in total. The zero-order chi connectivity index (χ0) is 32.7. The van der Waals surface area contributed by atoms with Gasteiger partial charge >= 0.3 is 0 Å². The van der Waals surface area contributed by atoms with E-state index in [-0.39, 0.29) is 39.8 Å². The van der Waals surface area contributed by atoms with E-state index >= 15 is 0 Å². The maximum atomic E-state index is 13.5. The van der Waals surface area contributed by atoms with E-state index in [0.29, 0.717) is 18.5 Å².